The Balaban J connectivity index is 1.24. The predicted octanol–water partition coefficient (Wildman–Crippen LogP) is 3.41. The molecule has 152 valence electrons. The first kappa shape index (κ1) is 20.7. The summed E-state index contributed by atoms with van der Waals surface area (Å²) in [4.78, 5) is 18.2. The average Bonchev–Trinajstić information content (AvgIpc) is 3.25. The summed E-state index contributed by atoms with van der Waals surface area (Å²) in [6, 6.07) is 12.5. The Morgan fingerprint density at radius 2 is 1.89 bits per heavy atom. The minimum absolute atomic E-state index is 0.181. The molecule has 1 aromatic carbocycles. The maximum absolute atomic E-state index is 11.9. The second-order valence-electron chi connectivity index (χ2n) is 7.16. The molecule has 0 unspecified atom stereocenters. The summed E-state index contributed by atoms with van der Waals surface area (Å²) in [6.45, 7) is 6.05. The topological polar surface area (TPSA) is 44.8 Å². The van der Waals surface area contributed by atoms with Gasteiger partial charge < -0.3 is 15.0 Å². The molecule has 0 atom stereocenters. The van der Waals surface area contributed by atoms with Crippen molar-refractivity contribution in [3.8, 4) is 5.75 Å². The molecule has 5 nitrogen and oxygen atoms in total. The van der Waals surface area contributed by atoms with E-state index in [0.717, 1.165) is 64.3 Å². The standard InChI is InChI=1S/C22H31N3O2S/c1-27-20-10-8-19(9-11-20)25-16-14-24(15-17-25)13-4-12-23-22(26)7-2-5-21-6-3-18-28-21/h3,6,8-11,18H,2,4-5,7,12-17H2,1H3,(H,23,26). The number of carbonyl (C=O) groups is 1. The highest BCUT2D eigenvalue weighted by atomic mass is 32.1. The number of ether oxygens (including phenoxy) is 1. The van der Waals surface area contributed by atoms with Gasteiger partial charge in [-0.1, -0.05) is 6.07 Å². The fraction of sp³-hybridized carbons (Fsp3) is 0.500. The average molecular weight is 402 g/mol. The number of aryl methyl sites for hydroxylation is 1. The fourth-order valence-electron chi connectivity index (χ4n) is 3.52. The monoisotopic (exact) mass is 401 g/mol. The van der Waals surface area contributed by atoms with E-state index in [0.29, 0.717) is 6.42 Å². The van der Waals surface area contributed by atoms with E-state index in [9.17, 15) is 4.79 Å². The van der Waals surface area contributed by atoms with Crippen molar-refractivity contribution in [2.75, 3.05) is 51.3 Å². The number of nitrogens with one attached hydrogen (secondary N) is 1. The van der Waals surface area contributed by atoms with E-state index in [1.165, 1.54) is 10.6 Å². The van der Waals surface area contributed by atoms with Crippen LogP contribution in [0.25, 0.3) is 0 Å². The molecule has 0 radical (unpaired) electrons. The van der Waals surface area contributed by atoms with Crippen molar-refractivity contribution in [1.82, 2.24) is 10.2 Å². The Bertz CT molecular complexity index is 695. The van der Waals surface area contributed by atoms with Gasteiger partial charge in [0.15, 0.2) is 0 Å². The van der Waals surface area contributed by atoms with E-state index >= 15 is 0 Å². The van der Waals surface area contributed by atoms with Crippen LogP contribution in [0.5, 0.6) is 5.75 Å². The summed E-state index contributed by atoms with van der Waals surface area (Å²) in [5, 5.41) is 5.15. The quantitative estimate of drug-likeness (QED) is 0.620. The van der Waals surface area contributed by atoms with Gasteiger partial charge in [0.25, 0.3) is 0 Å². The number of methoxy groups -OCH3 is 1. The molecule has 1 aromatic heterocycles. The van der Waals surface area contributed by atoms with Gasteiger partial charge in [-0.15, -0.1) is 11.3 Å². The molecule has 0 spiro atoms. The normalized spacial score (nSPS) is 14.8. The number of benzene rings is 1. The molecule has 1 amide bonds. The molecular weight excluding hydrogens is 370 g/mol. The highest BCUT2D eigenvalue weighted by molar-refractivity contribution is 7.09. The smallest absolute Gasteiger partial charge is 0.220 e. The van der Waals surface area contributed by atoms with Crippen molar-refractivity contribution < 1.29 is 9.53 Å². The Morgan fingerprint density at radius 1 is 1.11 bits per heavy atom. The molecule has 2 heterocycles. The summed E-state index contributed by atoms with van der Waals surface area (Å²) >= 11 is 1.77. The van der Waals surface area contributed by atoms with Gasteiger partial charge in [-0.05, 0) is 61.5 Å². The summed E-state index contributed by atoms with van der Waals surface area (Å²) in [7, 11) is 1.70. The zero-order valence-corrected chi connectivity index (χ0v) is 17.5. The van der Waals surface area contributed by atoms with Crippen molar-refractivity contribution >= 4 is 22.9 Å². The molecule has 3 rings (SSSR count). The second-order valence-corrected chi connectivity index (χ2v) is 8.20. The number of anilines is 1. The van der Waals surface area contributed by atoms with E-state index in [-0.39, 0.29) is 5.91 Å². The number of piperazine rings is 1. The minimum Gasteiger partial charge on any atom is -0.497 e. The van der Waals surface area contributed by atoms with Gasteiger partial charge in [-0.2, -0.15) is 0 Å². The molecule has 1 aliphatic rings. The summed E-state index contributed by atoms with van der Waals surface area (Å²) in [6.07, 6.45) is 3.57. The van der Waals surface area contributed by atoms with Crippen molar-refractivity contribution in [3.63, 3.8) is 0 Å². The molecule has 1 N–H and O–H groups in total. The van der Waals surface area contributed by atoms with Crippen LogP contribution in [0, 0.1) is 0 Å². The van der Waals surface area contributed by atoms with Crippen LogP contribution in [-0.2, 0) is 11.2 Å². The van der Waals surface area contributed by atoms with Crippen molar-refractivity contribution in [2.24, 2.45) is 0 Å². The lowest BCUT2D eigenvalue weighted by Gasteiger charge is -2.36. The maximum atomic E-state index is 11.9. The fourth-order valence-corrected chi connectivity index (χ4v) is 4.27. The Morgan fingerprint density at radius 3 is 2.57 bits per heavy atom. The van der Waals surface area contributed by atoms with Gasteiger partial charge in [0, 0.05) is 49.7 Å². The lowest BCUT2D eigenvalue weighted by molar-refractivity contribution is -0.121. The number of nitrogens with zero attached hydrogens (tertiary/aromatic N) is 2. The highest BCUT2D eigenvalue weighted by Crippen LogP contribution is 2.20. The van der Waals surface area contributed by atoms with Crippen molar-refractivity contribution in [2.45, 2.75) is 25.7 Å². The third kappa shape index (κ3) is 6.53. The number of carbonyl (C=O) groups excluding carboxylic acids is 1. The van der Waals surface area contributed by atoms with Gasteiger partial charge in [0.05, 0.1) is 7.11 Å². The molecule has 0 saturated carbocycles. The van der Waals surface area contributed by atoms with Gasteiger partial charge in [0.2, 0.25) is 5.91 Å². The Labute approximate surface area is 172 Å². The summed E-state index contributed by atoms with van der Waals surface area (Å²) in [5.74, 6) is 1.08. The summed E-state index contributed by atoms with van der Waals surface area (Å²) < 4.78 is 5.23. The Kier molecular flexibility index (Phi) is 8.18. The van der Waals surface area contributed by atoms with Crippen molar-refractivity contribution in [1.29, 1.82) is 0 Å². The molecule has 1 aliphatic heterocycles. The molecule has 0 bridgehead atoms. The lowest BCUT2D eigenvalue weighted by Crippen LogP contribution is -2.47. The maximum Gasteiger partial charge on any atom is 0.220 e. The first-order chi connectivity index (χ1) is 13.7. The molecule has 1 saturated heterocycles. The van der Waals surface area contributed by atoms with Crippen molar-refractivity contribution in [3.05, 3.63) is 46.7 Å². The third-order valence-corrected chi connectivity index (χ3v) is 6.13. The van der Waals surface area contributed by atoms with E-state index in [1.54, 1.807) is 18.4 Å². The minimum atomic E-state index is 0.181. The lowest BCUT2D eigenvalue weighted by atomic mass is 10.2. The number of amides is 1. The number of thiophene rings is 1. The van der Waals surface area contributed by atoms with E-state index < -0.39 is 0 Å². The van der Waals surface area contributed by atoms with Crippen LogP contribution in [0.2, 0.25) is 0 Å². The number of hydrogen-bond donors (Lipinski definition) is 1. The van der Waals surface area contributed by atoms with E-state index in [4.69, 9.17) is 4.74 Å². The van der Waals surface area contributed by atoms with Gasteiger partial charge >= 0.3 is 0 Å². The van der Waals surface area contributed by atoms with Crippen LogP contribution >= 0.6 is 11.3 Å². The molecule has 6 heteroatoms. The highest BCUT2D eigenvalue weighted by Gasteiger charge is 2.16. The molecule has 1 fully saturated rings. The van der Waals surface area contributed by atoms with Gasteiger partial charge in [0.1, 0.15) is 5.75 Å². The SMILES string of the molecule is COc1ccc(N2CCN(CCCNC(=O)CCCc3cccs3)CC2)cc1. The largest absolute Gasteiger partial charge is 0.497 e. The van der Waals surface area contributed by atoms with Crippen LogP contribution in [0.1, 0.15) is 24.1 Å². The zero-order chi connectivity index (χ0) is 19.6. The van der Waals surface area contributed by atoms with E-state index in [2.05, 4.69) is 44.8 Å². The Hall–Kier alpha value is -2.05. The van der Waals surface area contributed by atoms with Crippen LogP contribution < -0.4 is 15.0 Å². The number of hydrogen-bond acceptors (Lipinski definition) is 5. The predicted molar refractivity (Wildman–Crippen MR) is 117 cm³/mol. The summed E-state index contributed by atoms with van der Waals surface area (Å²) in [5.41, 5.74) is 1.26. The third-order valence-electron chi connectivity index (χ3n) is 5.19. The molecule has 2 aromatic rings. The van der Waals surface area contributed by atoms with Crippen LogP contribution in [0.15, 0.2) is 41.8 Å². The number of rotatable bonds is 10. The van der Waals surface area contributed by atoms with E-state index in [1.807, 2.05) is 12.1 Å². The van der Waals surface area contributed by atoms with Gasteiger partial charge in [-0.3, -0.25) is 9.69 Å². The molecule has 28 heavy (non-hydrogen) atoms. The molecule has 0 aliphatic carbocycles. The molecular formula is C22H31N3O2S. The zero-order valence-electron chi connectivity index (χ0n) is 16.7. The van der Waals surface area contributed by atoms with Crippen LogP contribution in [0.3, 0.4) is 0 Å². The second kappa shape index (κ2) is 11.1. The first-order valence-electron chi connectivity index (χ1n) is 10.1. The van der Waals surface area contributed by atoms with Gasteiger partial charge in [-0.25, -0.2) is 0 Å². The first-order valence-corrected chi connectivity index (χ1v) is 11.0. The van der Waals surface area contributed by atoms with Crippen LogP contribution in [0.4, 0.5) is 5.69 Å². The van der Waals surface area contributed by atoms with Crippen LogP contribution in [-0.4, -0.2) is 57.2 Å².